The fourth-order valence-electron chi connectivity index (χ4n) is 2.91. The molecular formula is C14H19N3. The lowest BCUT2D eigenvalue weighted by Gasteiger charge is -2.31. The van der Waals surface area contributed by atoms with Gasteiger partial charge in [-0.2, -0.15) is 0 Å². The van der Waals surface area contributed by atoms with Crippen LogP contribution in [0, 0.1) is 0 Å². The van der Waals surface area contributed by atoms with Crippen LogP contribution in [0.3, 0.4) is 0 Å². The van der Waals surface area contributed by atoms with E-state index in [4.69, 9.17) is 0 Å². The maximum atomic E-state index is 4.37. The number of H-pyrrole nitrogens is 1. The molecule has 3 heterocycles. The van der Waals surface area contributed by atoms with Crippen molar-refractivity contribution >= 4 is 11.0 Å². The van der Waals surface area contributed by atoms with Gasteiger partial charge in [0.25, 0.3) is 0 Å². The molecule has 0 spiro atoms. The molecule has 2 aromatic heterocycles. The minimum absolute atomic E-state index is 0.668. The number of fused-ring (bicyclic) bond motifs is 1. The maximum absolute atomic E-state index is 4.37. The third-order valence-electron chi connectivity index (χ3n) is 3.88. The van der Waals surface area contributed by atoms with Crippen molar-refractivity contribution in [3.63, 3.8) is 0 Å². The molecule has 3 heteroatoms. The van der Waals surface area contributed by atoms with Gasteiger partial charge in [-0.1, -0.05) is 6.92 Å². The number of hydrogen-bond acceptors (Lipinski definition) is 2. The summed E-state index contributed by atoms with van der Waals surface area (Å²) in [5.74, 6) is 0.668. The number of pyridine rings is 1. The van der Waals surface area contributed by atoms with Crippen molar-refractivity contribution in [1.82, 2.24) is 14.9 Å². The molecular weight excluding hydrogens is 210 g/mol. The summed E-state index contributed by atoms with van der Waals surface area (Å²) in [6.07, 6.45) is 6.62. The SMILES string of the molecule is CCN1CCCC(c2c[nH]c3ncccc23)C1. The zero-order valence-electron chi connectivity index (χ0n) is 10.3. The molecule has 1 unspecified atom stereocenters. The predicted molar refractivity (Wildman–Crippen MR) is 70.2 cm³/mol. The molecule has 0 radical (unpaired) electrons. The minimum Gasteiger partial charge on any atom is -0.346 e. The van der Waals surface area contributed by atoms with Gasteiger partial charge in [-0.3, -0.25) is 0 Å². The summed E-state index contributed by atoms with van der Waals surface area (Å²) in [6.45, 7) is 5.86. The van der Waals surface area contributed by atoms with E-state index in [1.54, 1.807) is 0 Å². The first-order valence-corrected chi connectivity index (χ1v) is 6.53. The number of piperidine rings is 1. The Balaban J connectivity index is 1.92. The summed E-state index contributed by atoms with van der Waals surface area (Å²) in [5.41, 5.74) is 2.47. The van der Waals surface area contributed by atoms with Crippen molar-refractivity contribution in [1.29, 1.82) is 0 Å². The molecule has 1 aliphatic heterocycles. The third kappa shape index (κ3) is 1.95. The topological polar surface area (TPSA) is 31.9 Å². The predicted octanol–water partition coefficient (Wildman–Crippen LogP) is 2.76. The monoisotopic (exact) mass is 229 g/mol. The Morgan fingerprint density at radius 3 is 3.35 bits per heavy atom. The number of hydrogen-bond donors (Lipinski definition) is 1. The summed E-state index contributed by atoms with van der Waals surface area (Å²) >= 11 is 0. The van der Waals surface area contributed by atoms with Crippen LogP contribution in [0.2, 0.25) is 0 Å². The Bertz CT molecular complexity index is 503. The molecule has 1 atom stereocenters. The van der Waals surface area contributed by atoms with Crippen molar-refractivity contribution < 1.29 is 0 Å². The highest BCUT2D eigenvalue weighted by atomic mass is 15.1. The van der Waals surface area contributed by atoms with Gasteiger partial charge >= 0.3 is 0 Å². The zero-order valence-corrected chi connectivity index (χ0v) is 10.3. The standard InChI is InChI=1S/C14H19N3/c1-2-17-8-4-5-11(10-17)13-9-16-14-12(13)6-3-7-15-14/h3,6-7,9,11H,2,4-5,8,10H2,1H3,(H,15,16). The zero-order chi connectivity index (χ0) is 11.7. The fraction of sp³-hybridized carbons (Fsp3) is 0.500. The molecule has 0 amide bonds. The average molecular weight is 229 g/mol. The lowest BCUT2D eigenvalue weighted by Crippen LogP contribution is -2.33. The molecule has 0 saturated carbocycles. The highest BCUT2D eigenvalue weighted by Gasteiger charge is 2.22. The van der Waals surface area contributed by atoms with E-state index >= 15 is 0 Å². The van der Waals surface area contributed by atoms with Crippen LogP contribution in [0.25, 0.3) is 11.0 Å². The second-order valence-corrected chi connectivity index (χ2v) is 4.88. The van der Waals surface area contributed by atoms with Gasteiger partial charge in [-0.25, -0.2) is 4.98 Å². The fourth-order valence-corrected chi connectivity index (χ4v) is 2.91. The van der Waals surface area contributed by atoms with Gasteiger partial charge in [-0.05, 0) is 49.5 Å². The van der Waals surface area contributed by atoms with Gasteiger partial charge < -0.3 is 9.88 Å². The second-order valence-electron chi connectivity index (χ2n) is 4.88. The van der Waals surface area contributed by atoms with Crippen molar-refractivity contribution in [3.05, 3.63) is 30.1 Å². The highest BCUT2D eigenvalue weighted by molar-refractivity contribution is 5.80. The number of rotatable bonds is 2. The number of likely N-dealkylation sites (tertiary alicyclic amines) is 1. The van der Waals surface area contributed by atoms with Crippen molar-refractivity contribution in [2.75, 3.05) is 19.6 Å². The largest absolute Gasteiger partial charge is 0.346 e. The Morgan fingerprint density at radius 2 is 2.47 bits per heavy atom. The van der Waals surface area contributed by atoms with Gasteiger partial charge in [0.1, 0.15) is 5.65 Å². The van der Waals surface area contributed by atoms with E-state index in [0.29, 0.717) is 5.92 Å². The molecule has 3 nitrogen and oxygen atoms in total. The number of likely N-dealkylation sites (N-methyl/N-ethyl adjacent to an activating group) is 1. The van der Waals surface area contributed by atoms with Crippen molar-refractivity contribution in [2.24, 2.45) is 0 Å². The van der Waals surface area contributed by atoms with Crippen LogP contribution in [0.15, 0.2) is 24.5 Å². The molecule has 17 heavy (non-hydrogen) atoms. The maximum Gasteiger partial charge on any atom is 0.137 e. The average Bonchev–Trinajstić information content (AvgIpc) is 2.82. The first-order valence-electron chi connectivity index (χ1n) is 6.53. The van der Waals surface area contributed by atoms with Crippen LogP contribution in [-0.2, 0) is 0 Å². The Morgan fingerprint density at radius 1 is 1.53 bits per heavy atom. The molecule has 1 N–H and O–H groups in total. The molecule has 3 rings (SSSR count). The van der Waals surface area contributed by atoms with Gasteiger partial charge in [0.15, 0.2) is 0 Å². The van der Waals surface area contributed by atoms with E-state index in [2.05, 4.69) is 34.1 Å². The lowest BCUT2D eigenvalue weighted by molar-refractivity contribution is 0.218. The molecule has 0 bridgehead atoms. The van der Waals surface area contributed by atoms with Crippen LogP contribution >= 0.6 is 0 Å². The van der Waals surface area contributed by atoms with E-state index in [1.807, 2.05) is 12.3 Å². The molecule has 0 aliphatic carbocycles. The summed E-state index contributed by atoms with van der Waals surface area (Å²) in [4.78, 5) is 10.2. The van der Waals surface area contributed by atoms with Crippen molar-refractivity contribution in [3.8, 4) is 0 Å². The highest BCUT2D eigenvalue weighted by Crippen LogP contribution is 2.31. The Labute approximate surface area is 102 Å². The molecule has 2 aromatic rings. The number of aromatic nitrogens is 2. The minimum atomic E-state index is 0.668. The Kier molecular flexibility index (Phi) is 2.85. The van der Waals surface area contributed by atoms with Gasteiger partial charge in [-0.15, -0.1) is 0 Å². The summed E-state index contributed by atoms with van der Waals surface area (Å²) < 4.78 is 0. The molecule has 1 saturated heterocycles. The summed E-state index contributed by atoms with van der Waals surface area (Å²) in [7, 11) is 0. The normalized spacial score (nSPS) is 22.1. The summed E-state index contributed by atoms with van der Waals surface area (Å²) in [5, 5.41) is 1.30. The molecule has 1 fully saturated rings. The lowest BCUT2D eigenvalue weighted by atomic mass is 9.91. The van der Waals surface area contributed by atoms with Gasteiger partial charge in [0.05, 0.1) is 0 Å². The third-order valence-corrected chi connectivity index (χ3v) is 3.88. The van der Waals surface area contributed by atoms with Crippen molar-refractivity contribution in [2.45, 2.75) is 25.7 Å². The van der Waals surface area contributed by atoms with E-state index in [0.717, 1.165) is 12.2 Å². The number of aromatic amines is 1. The smallest absolute Gasteiger partial charge is 0.137 e. The van der Waals surface area contributed by atoms with Gasteiger partial charge in [0, 0.05) is 24.3 Å². The number of nitrogens with zero attached hydrogens (tertiary/aromatic N) is 2. The van der Waals surface area contributed by atoms with E-state index in [9.17, 15) is 0 Å². The van der Waals surface area contributed by atoms with Crippen LogP contribution in [0.1, 0.15) is 31.2 Å². The van der Waals surface area contributed by atoms with E-state index < -0.39 is 0 Å². The Hall–Kier alpha value is -1.35. The molecule has 0 aromatic carbocycles. The van der Waals surface area contributed by atoms with Gasteiger partial charge in [0.2, 0.25) is 0 Å². The van der Waals surface area contributed by atoms with Crippen LogP contribution < -0.4 is 0 Å². The van der Waals surface area contributed by atoms with Crippen LogP contribution in [0.4, 0.5) is 0 Å². The van der Waals surface area contributed by atoms with E-state index in [-0.39, 0.29) is 0 Å². The molecule has 90 valence electrons. The first-order chi connectivity index (χ1) is 8.38. The number of nitrogens with one attached hydrogen (secondary N) is 1. The second kappa shape index (κ2) is 4.49. The summed E-state index contributed by atoms with van der Waals surface area (Å²) in [6, 6.07) is 4.21. The quantitative estimate of drug-likeness (QED) is 0.858. The molecule has 1 aliphatic rings. The first kappa shape index (κ1) is 10.8. The van der Waals surface area contributed by atoms with Crippen LogP contribution in [-0.4, -0.2) is 34.5 Å². The van der Waals surface area contributed by atoms with Crippen LogP contribution in [0.5, 0.6) is 0 Å². The van der Waals surface area contributed by atoms with E-state index in [1.165, 1.54) is 36.9 Å².